The molecule has 5 aliphatic rings. The Labute approximate surface area is 433 Å². The summed E-state index contributed by atoms with van der Waals surface area (Å²) in [5.74, 6) is 1.72. The third kappa shape index (κ3) is 7.96. The van der Waals surface area contributed by atoms with Crippen molar-refractivity contribution >= 4 is 56.7 Å². The molecule has 5 aliphatic carbocycles. The highest BCUT2D eigenvalue weighted by Gasteiger charge is 2.31. The Bertz CT molecular complexity index is 4020. The lowest BCUT2D eigenvalue weighted by Crippen LogP contribution is -2.21. The van der Waals surface area contributed by atoms with Crippen molar-refractivity contribution in [3.8, 4) is 22.3 Å². The first-order valence-electron chi connectivity index (χ1n) is 26.9. The van der Waals surface area contributed by atoms with Crippen LogP contribution >= 0.6 is 0 Å². The molecule has 0 amide bonds. The van der Waals surface area contributed by atoms with Crippen LogP contribution in [0, 0.1) is 11.8 Å². The van der Waals surface area contributed by atoms with Crippen LogP contribution in [-0.2, 0) is 6.42 Å². The molecule has 0 saturated carbocycles. The largest absolute Gasteiger partial charge is 0.456 e. The highest BCUT2D eigenvalue weighted by atomic mass is 16.3. The highest BCUT2D eigenvalue weighted by molar-refractivity contribution is 6.09. The third-order valence-electron chi connectivity index (χ3n) is 17.0. The second-order valence-electron chi connectivity index (χ2n) is 21.2. The van der Waals surface area contributed by atoms with Crippen molar-refractivity contribution in [2.45, 2.75) is 62.7 Å². The van der Waals surface area contributed by atoms with E-state index >= 15 is 0 Å². The number of rotatable bonds is 10. The molecule has 0 spiro atoms. The predicted octanol–water partition coefficient (Wildman–Crippen LogP) is 17.6. The van der Waals surface area contributed by atoms with Crippen molar-refractivity contribution < 1.29 is 8.83 Å². The maximum Gasteiger partial charge on any atom is 0.143 e. The molecular formula is C72H58O2. The van der Waals surface area contributed by atoms with Gasteiger partial charge in [0.2, 0.25) is 0 Å². The molecule has 0 N–H and O–H groups in total. The van der Waals surface area contributed by atoms with E-state index in [0.717, 1.165) is 70.6 Å². The monoisotopic (exact) mass is 954 g/mol. The molecule has 358 valence electrons. The Balaban J connectivity index is 0.811. The molecule has 7 aromatic carbocycles. The van der Waals surface area contributed by atoms with Crippen LogP contribution in [0.2, 0.25) is 0 Å². The van der Waals surface area contributed by atoms with Gasteiger partial charge in [0.05, 0.1) is 0 Å². The van der Waals surface area contributed by atoms with Crippen molar-refractivity contribution in [3.05, 3.63) is 274 Å². The minimum Gasteiger partial charge on any atom is -0.456 e. The maximum atomic E-state index is 6.57. The third-order valence-corrected chi connectivity index (χ3v) is 17.0. The maximum absolute atomic E-state index is 6.57. The topological polar surface area (TPSA) is 26.3 Å². The first-order chi connectivity index (χ1) is 36.6. The minimum atomic E-state index is 0.240. The zero-order valence-electron chi connectivity index (χ0n) is 41.8. The number of allylic oxidation sites excluding steroid dienone is 13. The van der Waals surface area contributed by atoms with Crippen molar-refractivity contribution in [1.29, 1.82) is 0 Å². The minimum absolute atomic E-state index is 0.240. The van der Waals surface area contributed by atoms with Crippen molar-refractivity contribution in [1.82, 2.24) is 0 Å². The van der Waals surface area contributed by atoms with Crippen LogP contribution in [0.3, 0.4) is 0 Å². The smallest absolute Gasteiger partial charge is 0.143 e. The molecule has 0 radical (unpaired) electrons. The van der Waals surface area contributed by atoms with Crippen LogP contribution in [0.5, 0.6) is 0 Å². The van der Waals surface area contributed by atoms with E-state index in [1.165, 1.54) is 77.4 Å². The fourth-order valence-electron chi connectivity index (χ4n) is 13.0. The Morgan fingerprint density at radius 3 is 2.16 bits per heavy atom. The van der Waals surface area contributed by atoms with Gasteiger partial charge in [-0.15, -0.1) is 0 Å². The van der Waals surface area contributed by atoms with Gasteiger partial charge in [-0.25, -0.2) is 0 Å². The summed E-state index contributed by atoms with van der Waals surface area (Å²) < 4.78 is 13.1. The van der Waals surface area contributed by atoms with Gasteiger partial charge in [-0.05, 0) is 123 Å². The van der Waals surface area contributed by atoms with Gasteiger partial charge in [0.1, 0.15) is 22.2 Å². The average Bonchev–Trinajstić information content (AvgIpc) is 4.07. The molecule has 2 nitrogen and oxygen atoms in total. The van der Waals surface area contributed by atoms with Crippen LogP contribution in [0.15, 0.2) is 233 Å². The lowest BCUT2D eigenvalue weighted by Gasteiger charge is -2.33. The molecule has 2 aromatic heterocycles. The second-order valence-corrected chi connectivity index (χ2v) is 21.2. The molecule has 0 saturated heterocycles. The van der Waals surface area contributed by atoms with E-state index in [4.69, 9.17) is 8.83 Å². The first kappa shape index (κ1) is 44.5. The number of fused-ring (bicyclic) bond motifs is 9. The van der Waals surface area contributed by atoms with Gasteiger partial charge >= 0.3 is 0 Å². The second kappa shape index (κ2) is 18.7. The van der Waals surface area contributed by atoms with Gasteiger partial charge in [0.25, 0.3) is 0 Å². The summed E-state index contributed by atoms with van der Waals surface area (Å²) >= 11 is 0. The standard InChI is InChI=1S/C72H58O2/c1-46(48-33-37-52(38-34-48)60-24-14-26-66-64-22-10-12-28-70(64)74-72(60)66)67(41-47-29-31-51(32-30-47)59-23-13-25-65-63-21-9-11-27-69(63)73-71(59)65)53-39-35-50(36-40-53)56-42-55(49-15-3-2-4-16-49)43-57(44-56)68-45-54-17-5-6-18-58(54)61-19-7-8-20-62(61)68/h2-9,11,13-15,17-37,39-40,42-46,49,52,61-62,67H,10,12,16,38,41H2,1H3. The summed E-state index contributed by atoms with van der Waals surface area (Å²) in [5.41, 5.74) is 20.9. The Hall–Kier alpha value is -8.20. The molecule has 2 heteroatoms. The van der Waals surface area contributed by atoms with Gasteiger partial charge in [0, 0.05) is 56.2 Å². The number of hydrogen-bond acceptors (Lipinski definition) is 2. The molecule has 6 unspecified atom stereocenters. The van der Waals surface area contributed by atoms with Crippen LogP contribution in [0.25, 0.3) is 79.0 Å². The SMILES string of the molecule is CC(C1=CCC(c2cccc3c4c(oc23)=CCCC=4)C=C1)C(Cc1ccc(-c2cccc3c2oc2ccccc23)cc1)c1ccc(-c2cc(C3=Cc4ccccc4C4C=CC=CC34)cc(C3C=CC=CC3)c2)cc1. The molecule has 14 rings (SSSR count). The fourth-order valence-corrected chi connectivity index (χ4v) is 13.0. The Morgan fingerprint density at radius 1 is 0.541 bits per heavy atom. The quantitative estimate of drug-likeness (QED) is 0.137. The number of benzene rings is 7. The van der Waals surface area contributed by atoms with Gasteiger partial charge in [0.15, 0.2) is 0 Å². The van der Waals surface area contributed by atoms with E-state index in [-0.39, 0.29) is 23.7 Å². The summed E-state index contributed by atoms with van der Waals surface area (Å²) in [6, 6.07) is 56.8. The van der Waals surface area contributed by atoms with Gasteiger partial charge in [-0.3, -0.25) is 0 Å². The van der Waals surface area contributed by atoms with Gasteiger partial charge in [-0.2, -0.15) is 0 Å². The average molecular weight is 955 g/mol. The van der Waals surface area contributed by atoms with Crippen LogP contribution in [0.4, 0.5) is 0 Å². The lowest BCUT2D eigenvalue weighted by atomic mass is 9.70. The first-order valence-corrected chi connectivity index (χ1v) is 26.9. The predicted molar refractivity (Wildman–Crippen MR) is 309 cm³/mol. The van der Waals surface area contributed by atoms with E-state index < -0.39 is 0 Å². The zero-order chi connectivity index (χ0) is 49.1. The summed E-state index contributed by atoms with van der Waals surface area (Å²) in [6.07, 6.45) is 37.7. The summed E-state index contributed by atoms with van der Waals surface area (Å²) in [6.45, 7) is 2.44. The molecule has 2 heterocycles. The summed E-state index contributed by atoms with van der Waals surface area (Å²) in [5, 5.41) is 4.81. The van der Waals surface area contributed by atoms with E-state index in [9.17, 15) is 0 Å². The summed E-state index contributed by atoms with van der Waals surface area (Å²) in [4.78, 5) is 0. The normalized spacial score (nSPS) is 20.3. The van der Waals surface area contributed by atoms with E-state index in [1.54, 1.807) is 0 Å². The van der Waals surface area contributed by atoms with E-state index in [1.807, 2.05) is 6.07 Å². The van der Waals surface area contributed by atoms with Crippen LogP contribution in [0.1, 0.15) is 95.2 Å². The molecule has 6 atom stereocenters. The Morgan fingerprint density at radius 2 is 1.30 bits per heavy atom. The molecule has 0 fully saturated rings. The van der Waals surface area contributed by atoms with Crippen molar-refractivity contribution in [2.75, 3.05) is 0 Å². The molecule has 0 bridgehead atoms. The number of furan rings is 2. The van der Waals surface area contributed by atoms with Gasteiger partial charge in [-0.1, -0.05) is 225 Å². The fraction of sp³-hybridized carbons (Fsp3) is 0.167. The molecule has 9 aromatic rings. The highest BCUT2D eigenvalue weighted by Crippen LogP contribution is 2.48. The van der Waals surface area contributed by atoms with Crippen LogP contribution in [-0.4, -0.2) is 0 Å². The van der Waals surface area contributed by atoms with Crippen LogP contribution < -0.4 is 10.6 Å². The molecule has 0 aliphatic heterocycles. The lowest BCUT2D eigenvalue weighted by molar-refractivity contribution is 0.521. The Kier molecular flexibility index (Phi) is 11.2. The zero-order valence-corrected chi connectivity index (χ0v) is 41.8. The molecular weight excluding hydrogens is 897 g/mol. The number of hydrogen-bond donors (Lipinski definition) is 0. The van der Waals surface area contributed by atoms with E-state index in [0.29, 0.717) is 11.8 Å². The van der Waals surface area contributed by atoms with Crippen molar-refractivity contribution in [2.24, 2.45) is 11.8 Å². The molecule has 74 heavy (non-hydrogen) atoms. The van der Waals surface area contributed by atoms with Gasteiger partial charge < -0.3 is 8.83 Å². The summed E-state index contributed by atoms with van der Waals surface area (Å²) in [7, 11) is 0. The van der Waals surface area contributed by atoms with E-state index in [2.05, 4.69) is 238 Å². The number of para-hydroxylation sites is 3. The van der Waals surface area contributed by atoms with Crippen molar-refractivity contribution in [3.63, 3.8) is 0 Å².